The van der Waals surface area contributed by atoms with Crippen LogP contribution in [-0.4, -0.2) is 54.0 Å². The van der Waals surface area contributed by atoms with Crippen LogP contribution in [0.1, 0.15) is 33.3 Å². The van der Waals surface area contributed by atoms with E-state index in [1.807, 2.05) is 30.3 Å². The molecule has 0 fully saturated rings. The first-order valence-electron chi connectivity index (χ1n) is 8.63. The number of methoxy groups -OCH3 is 1. The average molecular weight is 380 g/mol. The molecule has 0 heterocycles. The third kappa shape index (κ3) is 8.08. The number of benzene rings is 1. The van der Waals surface area contributed by atoms with Gasteiger partial charge in [-0.1, -0.05) is 30.3 Å². The molecule has 0 unspecified atom stereocenters. The number of ether oxygens (including phenoxy) is 2. The summed E-state index contributed by atoms with van der Waals surface area (Å²) in [6.45, 7) is 6.48. The summed E-state index contributed by atoms with van der Waals surface area (Å²) in [4.78, 5) is 36.6. The Hall–Kier alpha value is -2.61. The monoisotopic (exact) mass is 380 g/mol. The van der Waals surface area contributed by atoms with Crippen molar-refractivity contribution in [3.05, 3.63) is 35.9 Å². The van der Waals surface area contributed by atoms with Crippen molar-refractivity contribution < 1.29 is 29.0 Å². The van der Waals surface area contributed by atoms with Crippen LogP contribution in [0.15, 0.2) is 30.3 Å². The number of hydrogen-bond acceptors (Lipinski definition) is 6. The Morgan fingerprint density at radius 2 is 1.70 bits per heavy atom. The van der Waals surface area contributed by atoms with Gasteiger partial charge < -0.3 is 25.2 Å². The maximum Gasteiger partial charge on any atom is 0.408 e. The second-order valence-corrected chi connectivity index (χ2v) is 7.14. The van der Waals surface area contributed by atoms with E-state index in [0.29, 0.717) is 0 Å². The summed E-state index contributed by atoms with van der Waals surface area (Å²) < 4.78 is 9.80. The van der Waals surface area contributed by atoms with Crippen LogP contribution in [0, 0.1) is 0 Å². The van der Waals surface area contributed by atoms with Gasteiger partial charge in [0.1, 0.15) is 11.6 Å². The van der Waals surface area contributed by atoms with E-state index in [-0.39, 0.29) is 6.42 Å². The fourth-order valence-corrected chi connectivity index (χ4v) is 2.27. The maximum absolute atomic E-state index is 12.7. The Morgan fingerprint density at radius 3 is 2.19 bits per heavy atom. The summed E-state index contributed by atoms with van der Waals surface area (Å²) in [7, 11) is 1.16. The highest BCUT2D eigenvalue weighted by Gasteiger charge is 2.31. The number of aliphatic hydroxyl groups is 1. The SMILES string of the molecule is COC(=O)[C@H](NC(=O)[C@H](Cc1ccccc1)NC(=O)OC(C)(C)C)[C@H](C)O. The quantitative estimate of drug-likeness (QED) is 0.612. The molecule has 0 saturated heterocycles. The number of carbonyl (C=O) groups excluding carboxylic acids is 3. The van der Waals surface area contributed by atoms with Gasteiger partial charge in [-0.05, 0) is 33.3 Å². The minimum absolute atomic E-state index is 0.180. The molecule has 0 aliphatic heterocycles. The zero-order chi connectivity index (χ0) is 20.6. The number of alkyl carbamates (subject to hydrolysis) is 1. The first kappa shape index (κ1) is 22.4. The molecule has 150 valence electrons. The lowest BCUT2D eigenvalue weighted by Gasteiger charge is -2.25. The Morgan fingerprint density at radius 1 is 1.11 bits per heavy atom. The first-order valence-corrected chi connectivity index (χ1v) is 8.63. The molecule has 27 heavy (non-hydrogen) atoms. The number of nitrogens with one attached hydrogen (secondary N) is 2. The molecule has 1 aromatic carbocycles. The summed E-state index contributed by atoms with van der Waals surface area (Å²) in [6, 6.07) is 6.82. The minimum Gasteiger partial charge on any atom is -0.467 e. The maximum atomic E-state index is 12.7. The molecule has 1 rings (SSSR count). The molecule has 8 heteroatoms. The lowest BCUT2D eigenvalue weighted by atomic mass is 10.0. The van der Waals surface area contributed by atoms with Crippen molar-refractivity contribution in [1.29, 1.82) is 0 Å². The van der Waals surface area contributed by atoms with Crippen molar-refractivity contribution in [2.75, 3.05) is 7.11 Å². The molecule has 1 aromatic rings. The predicted octanol–water partition coefficient (Wildman–Crippen LogP) is 1.16. The van der Waals surface area contributed by atoms with Gasteiger partial charge in [-0.25, -0.2) is 9.59 Å². The van der Waals surface area contributed by atoms with Crippen molar-refractivity contribution in [3.63, 3.8) is 0 Å². The fraction of sp³-hybridized carbons (Fsp3) is 0.526. The largest absolute Gasteiger partial charge is 0.467 e. The van der Waals surface area contributed by atoms with Gasteiger partial charge in [0.25, 0.3) is 0 Å². The number of amides is 2. The van der Waals surface area contributed by atoms with Crippen LogP contribution in [0.3, 0.4) is 0 Å². The van der Waals surface area contributed by atoms with Crippen LogP contribution in [-0.2, 0) is 25.5 Å². The zero-order valence-electron chi connectivity index (χ0n) is 16.3. The minimum atomic E-state index is -1.25. The molecule has 0 aromatic heterocycles. The van der Waals surface area contributed by atoms with E-state index >= 15 is 0 Å². The van der Waals surface area contributed by atoms with E-state index in [1.54, 1.807) is 20.8 Å². The molecule has 2 amide bonds. The average Bonchev–Trinajstić information content (AvgIpc) is 2.57. The standard InChI is InChI=1S/C19H28N2O6/c1-12(22)15(17(24)26-5)21-16(23)14(11-13-9-7-6-8-10-13)20-18(25)27-19(2,3)4/h6-10,12,14-15,22H,11H2,1-5H3,(H,20,25)(H,21,23)/t12-,14-,15+/m0/s1. The normalized spacial score (nSPS) is 14.4. The van der Waals surface area contributed by atoms with Crippen LogP contribution in [0.5, 0.6) is 0 Å². The van der Waals surface area contributed by atoms with Crippen molar-refractivity contribution in [2.24, 2.45) is 0 Å². The lowest BCUT2D eigenvalue weighted by Crippen LogP contribution is -2.56. The van der Waals surface area contributed by atoms with Crippen molar-refractivity contribution in [1.82, 2.24) is 10.6 Å². The van der Waals surface area contributed by atoms with Crippen LogP contribution in [0.4, 0.5) is 4.79 Å². The topological polar surface area (TPSA) is 114 Å². The van der Waals surface area contributed by atoms with E-state index in [4.69, 9.17) is 4.74 Å². The highest BCUT2D eigenvalue weighted by atomic mass is 16.6. The predicted molar refractivity (Wildman–Crippen MR) is 98.9 cm³/mol. The fourth-order valence-electron chi connectivity index (χ4n) is 2.27. The third-order valence-corrected chi connectivity index (χ3v) is 3.53. The summed E-state index contributed by atoms with van der Waals surface area (Å²) >= 11 is 0. The smallest absolute Gasteiger partial charge is 0.408 e. The second kappa shape index (κ2) is 9.91. The van der Waals surface area contributed by atoms with Gasteiger partial charge in [-0.2, -0.15) is 0 Å². The van der Waals surface area contributed by atoms with Crippen molar-refractivity contribution in [3.8, 4) is 0 Å². The van der Waals surface area contributed by atoms with Gasteiger partial charge in [0.15, 0.2) is 6.04 Å². The summed E-state index contributed by atoms with van der Waals surface area (Å²) in [6.07, 6.45) is -1.75. The number of carbonyl (C=O) groups is 3. The Labute approximate surface area is 159 Å². The molecule has 0 radical (unpaired) electrons. The number of hydrogen-bond donors (Lipinski definition) is 3. The molecule has 0 saturated carbocycles. The summed E-state index contributed by atoms with van der Waals surface area (Å²) in [5, 5.41) is 14.7. The van der Waals surface area contributed by atoms with Crippen LogP contribution in [0.25, 0.3) is 0 Å². The van der Waals surface area contributed by atoms with Gasteiger partial charge in [0.2, 0.25) is 5.91 Å². The third-order valence-electron chi connectivity index (χ3n) is 3.53. The molecule has 0 bridgehead atoms. The number of rotatable bonds is 7. The molecule has 8 nitrogen and oxygen atoms in total. The highest BCUT2D eigenvalue weighted by Crippen LogP contribution is 2.09. The Balaban J connectivity index is 2.95. The van der Waals surface area contributed by atoms with E-state index in [1.165, 1.54) is 6.92 Å². The molecule has 3 atom stereocenters. The molecule has 3 N–H and O–H groups in total. The van der Waals surface area contributed by atoms with E-state index in [9.17, 15) is 19.5 Å². The number of aliphatic hydroxyl groups excluding tert-OH is 1. The molecular weight excluding hydrogens is 352 g/mol. The van der Waals surface area contributed by atoms with Gasteiger partial charge in [0, 0.05) is 6.42 Å². The molecular formula is C19H28N2O6. The van der Waals surface area contributed by atoms with Crippen LogP contribution in [0.2, 0.25) is 0 Å². The summed E-state index contributed by atoms with van der Waals surface area (Å²) in [5.74, 6) is -1.42. The van der Waals surface area contributed by atoms with Crippen LogP contribution >= 0.6 is 0 Å². The van der Waals surface area contributed by atoms with Crippen molar-refractivity contribution >= 4 is 18.0 Å². The molecule has 0 spiro atoms. The lowest BCUT2D eigenvalue weighted by molar-refractivity contribution is -0.148. The summed E-state index contributed by atoms with van der Waals surface area (Å²) in [5.41, 5.74) is 0.0758. The number of esters is 1. The van der Waals surface area contributed by atoms with Gasteiger partial charge in [-0.15, -0.1) is 0 Å². The first-order chi connectivity index (χ1) is 12.5. The van der Waals surface area contributed by atoms with E-state index in [0.717, 1.165) is 12.7 Å². The Bertz CT molecular complexity index is 639. The van der Waals surface area contributed by atoms with Crippen LogP contribution < -0.4 is 10.6 Å². The van der Waals surface area contributed by atoms with Gasteiger partial charge in [0.05, 0.1) is 13.2 Å². The molecule has 0 aliphatic carbocycles. The van der Waals surface area contributed by atoms with E-state index < -0.39 is 41.8 Å². The zero-order valence-corrected chi connectivity index (χ0v) is 16.3. The Kier molecular flexibility index (Phi) is 8.24. The van der Waals surface area contributed by atoms with Gasteiger partial charge in [-0.3, -0.25) is 4.79 Å². The van der Waals surface area contributed by atoms with E-state index in [2.05, 4.69) is 15.4 Å². The second-order valence-electron chi connectivity index (χ2n) is 7.14. The van der Waals surface area contributed by atoms with Gasteiger partial charge >= 0.3 is 12.1 Å². The van der Waals surface area contributed by atoms with Crippen molar-refractivity contribution in [2.45, 2.75) is 57.9 Å². The molecule has 0 aliphatic rings. The highest BCUT2D eigenvalue weighted by molar-refractivity contribution is 5.90.